The minimum absolute atomic E-state index is 0.242. The zero-order valence-corrected chi connectivity index (χ0v) is 15.6. The van der Waals surface area contributed by atoms with E-state index in [0.29, 0.717) is 18.5 Å². The van der Waals surface area contributed by atoms with Crippen molar-refractivity contribution in [2.24, 2.45) is 0 Å². The Bertz CT molecular complexity index is 690. The molecule has 2 aliphatic rings. The maximum absolute atomic E-state index is 12.4. The Morgan fingerprint density at radius 1 is 1.16 bits per heavy atom. The summed E-state index contributed by atoms with van der Waals surface area (Å²) in [7, 11) is 0. The van der Waals surface area contributed by atoms with Crippen LogP contribution in [0.1, 0.15) is 55.9 Å². The van der Waals surface area contributed by atoms with Gasteiger partial charge in [-0.25, -0.2) is 4.98 Å². The predicted octanol–water partition coefficient (Wildman–Crippen LogP) is 2.51. The van der Waals surface area contributed by atoms with Crippen LogP contribution in [0, 0.1) is 0 Å². The number of quaternary nitrogens is 1. The van der Waals surface area contributed by atoms with E-state index in [1.54, 1.807) is 0 Å². The van der Waals surface area contributed by atoms with Crippen molar-refractivity contribution in [3.63, 3.8) is 0 Å². The smallest absolute Gasteiger partial charge is 0.275 e. The van der Waals surface area contributed by atoms with Crippen molar-refractivity contribution in [3.05, 3.63) is 29.3 Å². The number of thiazole rings is 1. The lowest BCUT2D eigenvalue weighted by atomic mass is 9.95. The standard InChI is InChI=1S/C20H27N3OS/c24-19(21-16-8-2-1-3-9-16)14-23-12-6-7-15(13-23)20-22-17-10-4-5-11-18(17)25-20/h4-5,10-11,15-16H,1-3,6-9,12-14H2,(H,21,24)/p+1/t15-/m0/s1. The van der Waals surface area contributed by atoms with Crippen LogP contribution in [-0.2, 0) is 4.79 Å². The fraction of sp³-hybridized carbons (Fsp3) is 0.600. The van der Waals surface area contributed by atoms with Crippen molar-refractivity contribution >= 4 is 27.5 Å². The minimum atomic E-state index is 0.242. The van der Waals surface area contributed by atoms with Crippen molar-refractivity contribution in [1.29, 1.82) is 0 Å². The summed E-state index contributed by atoms with van der Waals surface area (Å²) < 4.78 is 1.28. The summed E-state index contributed by atoms with van der Waals surface area (Å²) in [4.78, 5) is 18.7. The molecule has 1 saturated carbocycles. The van der Waals surface area contributed by atoms with Crippen LogP contribution in [0.4, 0.5) is 0 Å². The summed E-state index contributed by atoms with van der Waals surface area (Å²) in [5, 5.41) is 4.53. The Hall–Kier alpha value is -1.46. The van der Waals surface area contributed by atoms with Gasteiger partial charge in [0.05, 0.1) is 29.2 Å². The first-order valence-corrected chi connectivity index (χ1v) is 10.6. The van der Waals surface area contributed by atoms with E-state index in [-0.39, 0.29) is 5.91 Å². The van der Waals surface area contributed by atoms with Crippen LogP contribution in [0.15, 0.2) is 24.3 Å². The number of aromatic nitrogens is 1. The number of amides is 1. The number of carbonyl (C=O) groups is 1. The van der Waals surface area contributed by atoms with Crippen LogP contribution in [0.25, 0.3) is 10.2 Å². The first-order valence-electron chi connectivity index (χ1n) is 9.76. The molecule has 2 aromatic rings. The van der Waals surface area contributed by atoms with Crippen LogP contribution in [0.2, 0.25) is 0 Å². The Labute approximate surface area is 153 Å². The summed E-state index contributed by atoms with van der Waals surface area (Å²) in [6.45, 7) is 2.77. The molecule has 1 saturated heterocycles. The maximum Gasteiger partial charge on any atom is 0.275 e. The van der Waals surface area contributed by atoms with Gasteiger partial charge in [0.2, 0.25) is 0 Å². The Balaban J connectivity index is 1.34. The molecule has 1 aliphatic carbocycles. The second-order valence-corrected chi connectivity index (χ2v) is 8.70. The zero-order valence-electron chi connectivity index (χ0n) is 14.8. The predicted molar refractivity (Wildman–Crippen MR) is 102 cm³/mol. The van der Waals surface area contributed by atoms with Crippen molar-refractivity contribution in [3.8, 4) is 0 Å². The largest absolute Gasteiger partial charge is 0.348 e. The zero-order chi connectivity index (χ0) is 17.1. The van der Waals surface area contributed by atoms with Crippen LogP contribution >= 0.6 is 11.3 Å². The van der Waals surface area contributed by atoms with Gasteiger partial charge < -0.3 is 10.2 Å². The van der Waals surface area contributed by atoms with Crippen LogP contribution in [0.5, 0.6) is 0 Å². The van der Waals surface area contributed by atoms with E-state index in [1.807, 2.05) is 11.3 Å². The number of para-hydroxylation sites is 1. The lowest BCUT2D eigenvalue weighted by Gasteiger charge is -2.29. The van der Waals surface area contributed by atoms with Gasteiger partial charge in [0.25, 0.3) is 5.91 Å². The maximum atomic E-state index is 12.4. The highest BCUT2D eigenvalue weighted by Gasteiger charge is 2.28. The molecule has 0 spiro atoms. The third kappa shape index (κ3) is 4.21. The Morgan fingerprint density at radius 3 is 2.84 bits per heavy atom. The molecule has 1 amide bonds. The van der Waals surface area contributed by atoms with Gasteiger partial charge in [-0.05, 0) is 37.8 Å². The molecule has 2 N–H and O–H groups in total. The summed E-state index contributed by atoms with van der Waals surface area (Å²) in [5.74, 6) is 0.746. The summed E-state index contributed by atoms with van der Waals surface area (Å²) in [5.41, 5.74) is 1.12. The van der Waals surface area contributed by atoms with Crippen molar-refractivity contribution in [2.75, 3.05) is 19.6 Å². The first kappa shape index (κ1) is 17.0. The monoisotopic (exact) mass is 358 g/mol. The number of nitrogens with zero attached hydrogens (tertiary/aromatic N) is 1. The van der Waals surface area contributed by atoms with Gasteiger partial charge in [0.15, 0.2) is 6.54 Å². The number of hydrogen-bond acceptors (Lipinski definition) is 3. The number of carbonyl (C=O) groups excluding carboxylic acids is 1. The van der Waals surface area contributed by atoms with Gasteiger partial charge in [0.1, 0.15) is 5.01 Å². The molecule has 5 heteroatoms. The molecule has 2 heterocycles. The van der Waals surface area contributed by atoms with Crippen molar-refractivity contribution in [1.82, 2.24) is 10.3 Å². The van der Waals surface area contributed by atoms with Gasteiger partial charge in [-0.15, -0.1) is 11.3 Å². The lowest BCUT2D eigenvalue weighted by molar-refractivity contribution is -0.898. The molecule has 1 aliphatic heterocycles. The van der Waals surface area contributed by atoms with Gasteiger partial charge in [-0.1, -0.05) is 31.4 Å². The molecular weight excluding hydrogens is 330 g/mol. The SMILES string of the molecule is O=C(C[NH+]1CCC[C@H](c2nc3ccccc3s2)C1)NC1CCCCC1. The van der Waals surface area contributed by atoms with Crippen molar-refractivity contribution < 1.29 is 9.69 Å². The number of piperidine rings is 1. The van der Waals surface area contributed by atoms with Gasteiger partial charge in [0, 0.05) is 6.04 Å². The number of benzene rings is 1. The highest BCUT2D eigenvalue weighted by atomic mass is 32.1. The van der Waals surface area contributed by atoms with Crippen molar-refractivity contribution in [2.45, 2.75) is 56.9 Å². The third-order valence-electron chi connectivity index (χ3n) is 5.66. The molecule has 0 radical (unpaired) electrons. The third-order valence-corrected chi connectivity index (χ3v) is 6.86. The van der Waals surface area contributed by atoms with E-state index in [4.69, 9.17) is 4.98 Å². The van der Waals surface area contributed by atoms with E-state index in [9.17, 15) is 4.79 Å². The average Bonchev–Trinajstić information content (AvgIpc) is 3.07. The molecule has 1 aromatic carbocycles. The molecule has 134 valence electrons. The summed E-state index contributed by atoms with van der Waals surface area (Å²) in [6, 6.07) is 8.81. The van der Waals surface area contributed by atoms with Crippen LogP contribution in [0.3, 0.4) is 0 Å². The summed E-state index contributed by atoms with van der Waals surface area (Å²) >= 11 is 1.83. The van der Waals surface area contributed by atoms with E-state index in [2.05, 4.69) is 29.6 Å². The number of rotatable bonds is 4. The molecule has 4 nitrogen and oxygen atoms in total. The molecule has 2 fully saturated rings. The van der Waals surface area contributed by atoms with E-state index in [0.717, 1.165) is 31.4 Å². The Kier molecular flexibility index (Phi) is 5.32. The van der Waals surface area contributed by atoms with Gasteiger partial charge >= 0.3 is 0 Å². The van der Waals surface area contributed by atoms with Gasteiger partial charge in [-0.2, -0.15) is 0 Å². The number of nitrogens with one attached hydrogen (secondary N) is 2. The Morgan fingerprint density at radius 2 is 2.00 bits per heavy atom. The van der Waals surface area contributed by atoms with E-state index < -0.39 is 0 Å². The molecule has 4 rings (SSSR count). The first-order chi connectivity index (χ1) is 12.3. The van der Waals surface area contributed by atoms with E-state index >= 15 is 0 Å². The molecular formula is C20H28N3OS+. The summed E-state index contributed by atoms with van der Waals surface area (Å²) in [6.07, 6.45) is 8.57. The molecule has 1 unspecified atom stereocenters. The number of hydrogen-bond donors (Lipinski definition) is 2. The molecule has 0 bridgehead atoms. The number of fused-ring (bicyclic) bond motifs is 1. The topological polar surface area (TPSA) is 46.4 Å². The van der Waals surface area contributed by atoms with E-state index in [1.165, 1.54) is 46.7 Å². The molecule has 25 heavy (non-hydrogen) atoms. The van der Waals surface area contributed by atoms with Crippen LogP contribution < -0.4 is 10.2 Å². The lowest BCUT2D eigenvalue weighted by Crippen LogP contribution is -3.14. The van der Waals surface area contributed by atoms with Gasteiger partial charge in [-0.3, -0.25) is 4.79 Å². The second kappa shape index (κ2) is 7.83. The average molecular weight is 359 g/mol. The van der Waals surface area contributed by atoms with Crippen LogP contribution in [-0.4, -0.2) is 36.6 Å². The highest BCUT2D eigenvalue weighted by Crippen LogP contribution is 2.30. The second-order valence-electron chi connectivity index (χ2n) is 7.64. The molecule has 2 atom stereocenters. The number of likely N-dealkylation sites (tertiary alicyclic amines) is 1. The molecule has 1 aromatic heterocycles. The normalized spacial score (nSPS) is 25.1. The fourth-order valence-electron chi connectivity index (χ4n) is 4.34. The minimum Gasteiger partial charge on any atom is -0.348 e. The quantitative estimate of drug-likeness (QED) is 0.882. The fourth-order valence-corrected chi connectivity index (χ4v) is 5.44. The highest BCUT2D eigenvalue weighted by molar-refractivity contribution is 7.18.